The molecule has 1 aliphatic heterocycles. The molecule has 9 heteroatoms. The quantitative estimate of drug-likeness (QED) is 0.635. The third-order valence-electron chi connectivity index (χ3n) is 3.93. The molecule has 2 atom stereocenters. The summed E-state index contributed by atoms with van der Waals surface area (Å²) in [5, 5.41) is 8.08. The predicted molar refractivity (Wildman–Crippen MR) is 86.9 cm³/mol. The summed E-state index contributed by atoms with van der Waals surface area (Å²) in [5.41, 5.74) is -0.321. The number of amides is 4. The molecule has 2 unspecified atom stereocenters. The first kappa shape index (κ1) is 18.8. The molecule has 1 aromatic rings. The van der Waals surface area contributed by atoms with Crippen molar-refractivity contribution in [2.24, 2.45) is 0 Å². The van der Waals surface area contributed by atoms with E-state index in [-0.39, 0.29) is 30.5 Å². The van der Waals surface area contributed by atoms with Crippen LogP contribution in [-0.4, -0.2) is 43.5 Å². The monoisotopic (exact) mass is 354 g/mol. The maximum Gasteiger partial charge on any atom is 0.329 e. The summed E-state index contributed by atoms with van der Waals surface area (Å²) in [7, 11) is 1.77. The van der Waals surface area contributed by atoms with Gasteiger partial charge in [0.1, 0.15) is 17.7 Å². The Labute approximate surface area is 143 Å². The molecule has 0 saturated carbocycles. The number of hydrogen-bond donors (Lipinski definition) is 3. The number of likely N-dealkylation sites (N-methyl/N-ethyl adjacent to an activating group) is 1. The van der Waals surface area contributed by atoms with Crippen LogP contribution in [0.15, 0.2) is 18.2 Å². The number of benzene rings is 1. The highest BCUT2D eigenvalue weighted by Crippen LogP contribution is 2.24. The van der Waals surface area contributed by atoms with Gasteiger partial charge in [-0.05, 0) is 32.5 Å². The molecular weight excluding hydrogens is 334 g/mol. The lowest BCUT2D eigenvalue weighted by molar-refractivity contribution is -0.121. The first-order chi connectivity index (χ1) is 11.8. The van der Waals surface area contributed by atoms with E-state index in [9.17, 15) is 23.2 Å². The van der Waals surface area contributed by atoms with Crippen molar-refractivity contribution in [1.82, 2.24) is 16.0 Å². The van der Waals surface area contributed by atoms with Crippen LogP contribution in [0.3, 0.4) is 0 Å². The fourth-order valence-corrected chi connectivity index (χ4v) is 2.35. The Hall–Kier alpha value is -2.55. The van der Waals surface area contributed by atoms with Crippen molar-refractivity contribution in [3.05, 3.63) is 29.8 Å². The normalized spacial score (nSPS) is 18.2. The number of anilines is 1. The van der Waals surface area contributed by atoms with Crippen molar-refractivity contribution in [3.8, 4) is 0 Å². The Morgan fingerprint density at radius 3 is 2.72 bits per heavy atom. The van der Waals surface area contributed by atoms with Crippen LogP contribution < -0.4 is 20.9 Å². The number of carbonyl (C=O) groups excluding carboxylic acids is 3. The lowest BCUT2D eigenvalue weighted by atomic mass is 10.1. The molecule has 1 fully saturated rings. The van der Waals surface area contributed by atoms with E-state index in [1.807, 2.05) is 6.92 Å². The van der Waals surface area contributed by atoms with Crippen LogP contribution in [-0.2, 0) is 9.59 Å². The maximum atomic E-state index is 13.8. The van der Waals surface area contributed by atoms with Crippen molar-refractivity contribution < 1.29 is 23.2 Å². The van der Waals surface area contributed by atoms with Gasteiger partial charge >= 0.3 is 6.03 Å². The molecule has 136 valence electrons. The number of hydrogen-bond acceptors (Lipinski definition) is 4. The van der Waals surface area contributed by atoms with Gasteiger partial charge in [-0.2, -0.15) is 0 Å². The van der Waals surface area contributed by atoms with Gasteiger partial charge in [-0.3, -0.25) is 9.59 Å². The summed E-state index contributed by atoms with van der Waals surface area (Å²) in [4.78, 5) is 36.7. The van der Waals surface area contributed by atoms with Crippen LogP contribution in [0, 0.1) is 11.6 Å². The number of rotatable bonds is 7. The summed E-state index contributed by atoms with van der Waals surface area (Å²) >= 11 is 0. The van der Waals surface area contributed by atoms with Crippen LogP contribution in [0.2, 0.25) is 0 Å². The molecule has 0 aromatic heterocycles. The van der Waals surface area contributed by atoms with Crippen molar-refractivity contribution in [2.45, 2.75) is 31.8 Å². The minimum absolute atomic E-state index is 0.0346. The largest absolute Gasteiger partial charge is 0.355 e. The second kappa shape index (κ2) is 8.02. The van der Waals surface area contributed by atoms with Crippen LogP contribution in [0.1, 0.15) is 19.8 Å². The first-order valence-corrected chi connectivity index (χ1v) is 7.87. The minimum Gasteiger partial charge on any atom is -0.355 e. The summed E-state index contributed by atoms with van der Waals surface area (Å²) in [6.45, 7) is 2.34. The molecule has 25 heavy (non-hydrogen) atoms. The second-order valence-corrected chi connectivity index (χ2v) is 5.80. The van der Waals surface area contributed by atoms with E-state index < -0.39 is 29.6 Å². The standard InChI is InChI=1S/C16H20F2N4O3/c1-9(19-2)8-20-14(23)6-4-12-15(24)22(16(25)21-12)13-5-3-10(17)7-11(13)18/h3,5,7,9,12,19H,4,6,8H2,1-2H3,(H,20,23)(H,21,25). The number of halogens is 2. The third kappa shape index (κ3) is 4.50. The first-order valence-electron chi connectivity index (χ1n) is 7.87. The van der Waals surface area contributed by atoms with E-state index in [4.69, 9.17) is 0 Å². The molecule has 0 bridgehead atoms. The van der Waals surface area contributed by atoms with Gasteiger partial charge in [-0.1, -0.05) is 0 Å². The van der Waals surface area contributed by atoms with Crippen molar-refractivity contribution in [3.63, 3.8) is 0 Å². The molecule has 2 rings (SSSR count). The zero-order valence-electron chi connectivity index (χ0n) is 13.9. The van der Waals surface area contributed by atoms with Gasteiger partial charge in [-0.25, -0.2) is 18.5 Å². The van der Waals surface area contributed by atoms with Gasteiger partial charge in [0.2, 0.25) is 5.91 Å². The molecule has 1 aromatic carbocycles. The maximum absolute atomic E-state index is 13.8. The smallest absolute Gasteiger partial charge is 0.329 e. The van der Waals surface area contributed by atoms with Gasteiger partial charge in [0, 0.05) is 25.1 Å². The number of nitrogens with zero attached hydrogens (tertiary/aromatic N) is 1. The van der Waals surface area contributed by atoms with Gasteiger partial charge in [0.25, 0.3) is 5.91 Å². The van der Waals surface area contributed by atoms with Crippen molar-refractivity contribution >= 4 is 23.5 Å². The van der Waals surface area contributed by atoms with Gasteiger partial charge in [-0.15, -0.1) is 0 Å². The highest BCUT2D eigenvalue weighted by molar-refractivity contribution is 6.21. The van der Waals surface area contributed by atoms with Crippen LogP contribution in [0.4, 0.5) is 19.3 Å². The number of carbonyl (C=O) groups is 3. The fourth-order valence-electron chi connectivity index (χ4n) is 2.35. The summed E-state index contributed by atoms with van der Waals surface area (Å²) < 4.78 is 26.8. The number of imide groups is 1. The molecule has 0 radical (unpaired) electrons. The Morgan fingerprint density at radius 2 is 2.08 bits per heavy atom. The van der Waals surface area contributed by atoms with Crippen LogP contribution in [0.25, 0.3) is 0 Å². The van der Waals surface area contributed by atoms with E-state index >= 15 is 0 Å². The molecule has 0 spiro atoms. The van der Waals surface area contributed by atoms with Gasteiger partial charge in [0.15, 0.2) is 0 Å². The zero-order chi connectivity index (χ0) is 18.6. The van der Waals surface area contributed by atoms with Crippen LogP contribution >= 0.6 is 0 Å². The lowest BCUT2D eigenvalue weighted by Crippen LogP contribution is -2.38. The van der Waals surface area contributed by atoms with Crippen molar-refractivity contribution in [2.75, 3.05) is 18.5 Å². The highest BCUT2D eigenvalue weighted by Gasteiger charge is 2.40. The minimum atomic E-state index is -1.01. The molecule has 1 heterocycles. The molecule has 3 N–H and O–H groups in total. The van der Waals surface area contributed by atoms with E-state index in [2.05, 4.69) is 16.0 Å². The summed E-state index contributed by atoms with van der Waals surface area (Å²) in [6, 6.07) is 0.960. The molecule has 4 amide bonds. The molecule has 1 aliphatic rings. The van der Waals surface area contributed by atoms with E-state index in [1.54, 1.807) is 7.05 Å². The fraction of sp³-hybridized carbons (Fsp3) is 0.438. The van der Waals surface area contributed by atoms with E-state index in [0.29, 0.717) is 17.5 Å². The Morgan fingerprint density at radius 1 is 1.36 bits per heavy atom. The molecule has 0 aliphatic carbocycles. The molecule has 7 nitrogen and oxygen atoms in total. The zero-order valence-corrected chi connectivity index (χ0v) is 13.9. The molecular formula is C16H20F2N4O3. The highest BCUT2D eigenvalue weighted by atomic mass is 19.1. The van der Waals surface area contributed by atoms with E-state index in [0.717, 1.165) is 12.1 Å². The Bertz CT molecular complexity index is 683. The topological polar surface area (TPSA) is 90.5 Å². The summed E-state index contributed by atoms with van der Waals surface area (Å²) in [5.74, 6) is -2.75. The average molecular weight is 354 g/mol. The number of nitrogens with one attached hydrogen (secondary N) is 3. The average Bonchev–Trinajstić information content (AvgIpc) is 2.85. The predicted octanol–water partition coefficient (Wildman–Crippen LogP) is 0.894. The van der Waals surface area contributed by atoms with Crippen LogP contribution in [0.5, 0.6) is 0 Å². The van der Waals surface area contributed by atoms with E-state index in [1.165, 1.54) is 0 Å². The molecule has 1 saturated heterocycles. The lowest BCUT2D eigenvalue weighted by Gasteiger charge is -2.14. The van der Waals surface area contributed by atoms with Gasteiger partial charge < -0.3 is 16.0 Å². The Kier molecular flexibility index (Phi) is 6.02. The SMILES string of the molecule is CNC(C)CNC(=O)CCC1NC(=O)N(c2ccc(F)cc2F)C1=O. The van der Waals surface area contributed by atoms with Crippen molar-refractivity contribution in [1.29, 1.82) is 0 Å². The van der Waals surface area contributed by atoms with Gasteiger partial charge in [0.05, 0.1) is 5.69 Å². The second-order valence-electron chi connectivity index (χ2n) is 5.80. The number of urea groups is 1. The third-order valence-corrected chi connectivity index (χ3v) is 3.93. The summed E-state index contributed by atoms with van der Waals surface area (Å²) in [6.07, 6.45) is 0.122. The Balaban J connectivity index is 1.96.